The molecule has 7 heteroatoms. The molecule has 0 radical (unpaired) electrons. The first-order valence-electron chi connectivity index (χ1n) is 6.93. The van der Waals surface area contributed by atoms with Gasteiger partial charge >= 0.3 is 0 Å². The molecule has 1 aliphatic rings. The second kappa shape index (κ2) is 6.50. The minimum atomic E-state index is -0.275. The van der Waals surface area contributed by atoms with Crippen molar-refractivity contribution in [2.45, 2.75) is 18.9 Å². The summed E-state index contributed by atoms with van der Waals surface area (Å²) in [5.41, 5.74) is 4.42. The van der Waals surface area contributed by atoms with Crippen LogP contribution in [0.2, 0.25) is 0 Å². The molecule has 1 aliphatic heterocycles. The smallest absolute Gasteiger partial charge is 0.220 e. The Kier molecular flexibility index (Phi) is 4.44. The van der Waals surface area contributed by atoms with Gasteiger partial charge in [0.25, 0.3) is 0 Å². The summed E-state index contributed by atoms with van der Waals surface area (Å²) in [6.45, 7) is 0.417. The predicted octanol–water partition coefficient (Wildman–Crippen LogP) is 2.50. The van der Waals surface area contributed by atoms with Crippen molar-refractivity contribution in [1.29, 1.82) is 0 Å². The van der Waals surface area contributed by atoms with E-state index in [0.29, 0.717) is 19.4 Å². The third-order valence-electron chi connectivity index (χ3n) is 3.49. The van der Waals surface area contributed by atoms with Crippen LogP contribution in [0.3, 0.4) is 0 Å². The molecule has 1 atom stereocenters. The molecule has 2 heterocycles. The molecule has 0 saturated heterocycles. The van der Waals surface area contributed by atoms with Crippen LogP contribution in [0.4, 0.5) is 4.39 Å². The molecule has 0 saturated carbocycles. The van der Waals surface area contributed by atoms with Crippen LogP contribution in [0, 0.1) is 5.82 Å². The number of amides is 1. The summed E-state index contributed by atoms with van der Waals surface area (Å²) in [6, 6.07) is 4.61. The molecular weight excluding hydrogens is 353 g/mol. The first kappa shape index (κ1) is 15.1. The van der Waals surface area contributed by atoms with Gasteiger partial charge in [-0.3, -0.25) is 15.1 Å². The molecule has 1 amide bonds. The molecular formula is C15H15BrFN3O2. The fraction of sp³-hybridized carbons (Fsp3) is 0.267. The van der Waals surface area contributed by atoms with Crippen LogP contribution >= 0.6 is 15.9 Å². The van der Waals surface area contributed by atoms with E-state index in [1.165, 1.54) is 12.1 Å². The van der Waals surface area contributed by atoms with E-state index in [4.69, 9.17) is 4.84 Å². The normalized spacial score (nSPS) is 17.4. The van der Waals surface area contributed by atoms with E-state index in [1.54, 1.807) is 6.07 Å². The monoisotopic (exact) mass is 367 g/mol. The van der Waals surface area contributed by atoms with Gasteiger partial charge in [-0.2, -0.15) is 0 Å². The minimum Gasteiger partial charge on any atom is -0.361 e. The zero-order valence-corrected chi connectivity index (χ0v) is 13.2. The van der Waals surface area contributed by atoms with Crippen molar-refractivity contribution >= 4 is 32.7 Å². The Morgan fingerprint density at radius 1 is 1.45 bits per heavy atom. The standard InChI is InChI=1S/C15H15BrFN3O2/c16-14-6-11(22-20-14)8-19-15(21)4-1-9-7-18-13-5-10(17)2-3-12(9)13/h2-3,5-7,11,18,20H,1,4,8H2,(H,19,21). The third kappa shape index (κ3) is 3.48. The summed E-state index contributed by atoms with van der Waals surface area (Å²) in [7, 11) is 0. The molecule has 2 aromatic rings. The number of carbonyl (C=O) groups is 1. The highest BCUT2D eigenvalue weighted by molar-refractivity contribution is 9.11. The van der Waals surface area contributed by atoms with Gasteiger partial charge in [-0.25, -0.2) is 4.39 Å². The fourth-order valence-corrected chi connectivity index (χ4v) is 2.77. The molecule has 1 unspecified atom stereocenters. The Bertz CT molecular complexity index is 729. The number of fused-ring (bicyclic) bond motifs is 1. The van der Waals surface area contributed by atoms with Crippen molar-refractivity contribution in [2.75, 3.05) is 6.54 Å². The molecule has 0 aliphatic carbocycles. The number of aromatic nitrogens is 1. The number of hydroxylamine groups is 1. The average Bonchev–Trinajstić information content (AvgIpc) is 3.08. The van der Waals surface area contributed by atoms with E-state index < -0.39 is 0 Å². The Hall–Kier alpha value is -1.86. The zero-order valence-electron chi connectivity index (χ0n) is 11.7. The number of hydrogen-bond acceptors (Lipinski definition) is 3. The van der Waals surface area contributed by atoms with E-state index in [2.05, 4.69) is 31.7 Å². The molecule has 3 rings (SSSR count). The molecule has 0 bridgehead atoms. The lowest BCUT2D eigenvalue weighted by atomic mass is 10.1. The zero-order chi connectivity index (χ0) is 15.5. The Morgan fingerprint density at radius 2 is 2.32 bits per heavy atom. The quantitative estimate of drug-likeness (QED) is 0.711. The maximum Gasteiger partial charge on any atom is 0.220 e. The number of aromatic amines is 1. The largest absolute Gasteiger partial charge is 0.361 e. The van der Waals surface area contributed by atoms with E-state index in [0.717, 1.165) is 21.1 Å². The van der Waals surface area contributed by atoms with Gasteiger partial charge in [0.2, 0.25) is 5.91 Å². The number of halogens is 2. The Labute approximate surface area is 135 Å². The van der Waals surface area contributed by atoms with Crippen LogP contribution in [0.1, 0.15) is 12.0 Å². The third-order valence-corrected chi connectivity index (χ3v) is 3.92. The van der Waals surface area contributed by atoms with Gasteiger partial charge in [0.15, 0.2) is 0 Å². The number of hydrogen-bond donors (Lipinski definition) is 3. The second-order valence-electron chi connectivity index (χ2n) is 5.08. The lowest BCUT2D eigenvalue weighted by Gasteiger charge is -2.09. The van der Waals surface area contributed by atoms with Crippen molar-refractivity contribution in [3.05, 3.63) is 46.5 Å². The first-order valence-corrected chi connectivity index (χ1v) is 7.72. The highest BCUT2D eigenvalue weighted by atomic mass is 79.9. The van der Waals surface area contributed by atoms with Gasteiger partial charge in [-0.05, 0) is 52.2 Å². The number of nitrogens with one attached hydrogen (secondary N) is 3. The highest BCUT2D eigenvalue weighted by Gasteiger charge is 2.15. The average molecular weight is 368 g/mol. The number of benzene rings is 1. The van der Waals surface area contributed by atoms with E-state index in [9.17, 15) is 9.18 Å². The summed E-state index contributed by atoms with van der Waals surface area (Å²) < 4.78 is 13.9. The van der Waals surface area contributed by atoms with Crippen LogP contribution < -0.4 is 10.8 Å². The van der Waals surface area contributed by atoms with Crippen LogP contribution in [0.25, 0.3) is 10.9 Å². The molecule has 3 N–H and O–H groups in total. The molecule has 0 spiro atoms. The van der Waals surface area contributed by atoms with Crippen molar-refractivity contribution in [1.82, 2.24) is 15.8 Å². The van der Waals surface area contributed by atoms with E-state index in [-0.39, 0.29) is 17.8 Å². The number of aryl methyl sites for hydroxylation is 1. The van der Waals surface area contributed by atoms with Gasteiger partial charge in [0.1, 0.15) is 16.5 Å². The maximum absolute atomic E-state index is 13.1. The van der Waals surface area contributed by atoms with Gasteiger partial charge in [0.05, 0.1) is 6.54 Å². The van der Waals surface area contributed by atoms with Crippen LogP contribution in [-0.2, 0) is 16.1 Å². The molecule has 0 fully saturated rings. The fourth-order valence-electron chi connectivity index (χ4n) is 2.38. The van der Waals surface area contributed by atoms with Gasteiger partial charge in [-0.1, -0.05) is 0 Å². The van der Waals surface area contributed by atoms with Crippen molar-refractivity contribution < 1.29 is 14.0 Å². The minimum absolute atomic E-state index is 0.0449. The summed E-state index contributed by atoms with van der Waals surface area (Å²) in [6.07, 6.45) is 4.46. The summed E-state index contributed by atoms with van der Waals surface area (Å²) >= 11 is 3.25. The van der Waals surface area contributed by atoms with Crippen LogP contribution in [-0.4, -0.2) is 23.5 Å². The Morgan fingerprint density at radius 3 is 3.09 bits per heavy atom. The van der Waals surface area contributed by atoms with Gasteiger partial charge in [-0.15, -0.1) is 0 Å². The highest BCUT2D eigenvalue weighted by Crippen LogP contribution is 2.20. The van der Waals surface area contributed by atoms with Crippen molar-refractivity contribution in [3.63, 3.8) is 0 Å². The molecule has 5 nitrogen and oxygen atoms in total. The maximum atomic E-state index is 13.1. The van der Waals surface area contributed by atoms with Crippen LogP contribution in [0.15, 0.2) is 35.1 Å². The molecule has 22 heavy (non-hydrogen) atoms. The van der Waals surface area contributed by atoms with E-state index in [1.807, 2.05) is 12.3 Å². The van der Waals surface area contributed by atoms with Crippen molar-refractivity contribution in [2.24, 2.45) is 0 Å². The summed E-state index contributed by atoms with van der Waals surface area (Å²) in [4.78, 5) is 20.1. The predicted molar refractivity (Wildman–Crippen MR) is 84.6 cm³/mol. The first-order chi connectivity index (χ1) is 10.6. The topological polar surface area (TPSA) is 66.2 Å². The Balaban J connectivity index is 1.52. The van der Waals surface area contributed by atoms with Gasteiger partial charge in [0, 0.05) is 23.5 Å². The summed E-state index contributed by atoms with van der Waals surface area (Å²) in [5, 5.41) is 3.77. The number of H-pyrrole nitrogens is 1. The number of carbonyl (C=O) groups excluding carboxylic acids is 1. The second-order valence-corrected chi connectivity index (χ2v) is 5.94. The molecule has 1 aromatic heterocycles. The van der Waals surface area contributed by atoms with Gasteiger partial charge < -0.3 is 10.3 Å². The lowest BCUT2D eigenvalue weighted by molar-refractivity contribution is -0.121. The lowest BCUT2D eigenvalue weighted by Crippen LogP contribution is -2.32. The number of rotatable bonds is 5. The van der Waals surface area contributed by atoms with Crippen molar-refractivity contribution in [3.8, 4) is 0 Å². The molecule has 1 aromatic carbocycles. The SMILES string of the molecule is O=C(CCc1c[nH]c2cc(F)ccc12)NCC1C=C(Br)NO1. The molecule has 116 valence electrons. The summed E-state index contributed by atoms with van der Waals surface area (Å²) in [5.74, 6) is -0.320. The van der Waals surface area contributed by atoms with E-state index >= 15 is 0 Å². The van der Waals surface area contributed by atoms with Crippen LogP contribution in [0.5, 0.6) is 0 Å².